The number of carboxylic acids is 1. The van der Waals surface area contributed by atoms with Gasteiger partial charge in [-0.2, -0.15) is 0 Å². The van der Waals surface area contributed by atoms with E-state index in [1.54, 1.807) is 4.57 Å². The van der Waals surface area contributed by atoms with E-state index in [1.165, 1.54) is 4.57 Å². The molecule has 0 radical (unpaired) electrons. The van der Waals surface area contributed by atoms with E-state index < -0.39 is 5.97 Å². The predicted molar refractivity (Wildman–Crippen MR) is 93.4 cm³/mol. The Hall–Kier alpha value is -2.57. The molecule has 2 aromatic rings. The normalized spacial score (nSPS) is 20.5. The Labute approximate surface area is 145 Å². The third-order valence-electron chi connectivity index (χ3n) is 4.98. The van der Waals surface area contributed by atoms with Gasteiger partial charge in [0.15, 0.2) is 0 Å². The summed E-state index contributed by atoms with van der Waals surface area (Å²) in [6.07, 6.45) is 2.48. The highest BCUT2D eigenvalue weighted by atomic mass is 16.4. The number of hydrogen-bond donors (Lipinski definition) is 2. The van der Waals surface area contributed by atoms with Gasteiger partial charge in [0.05, 0.1) is 17.0 Å². The first kappa shape index (κ1) is 17.3. The lowest BCUT2D eigenvalue weighted by molar-refractivity contribution is -0.142. The molecule has 2 N–H and O–H groups in total. The summed E-state index contributed by atoms with van der Waals surface area (Å²) in [6.45, 7) is 2.43. The molecule has 134 valence electrons. The number of carbonyl (C=O) groups is 2. The Kier molecular flexibility index (Phi) is 4.92. The number of amides is 1. The molecule has 7 heteroatoms. The van der Waals surface area contributed by atoms with Crippen LogP contribution in [-0.2, 0) is 22.7 Å². The second kappa shape index (κ2) is 7.13. The third-order valence-corrected chi connectivity index (χ3v) is 4.98. The van der Waals surface area contributed by atoms with E-state index in [1.807, 2.05) is 31.2 Å². The molecule has 7 nitrogen and oxygen atoms in total. The lowest BCUT2D eigenvalue weighted by Crippen LogP contribution is -2.41. The molecule has 1 aromatic heterocycles. The Morgan fingerprint density at radius 1 is 1.12 bits per heavy atom. The SMILES string of the molecule is CCn1c(=O)n(CC(=O)NC2CCC(C(=O)O)CC2)c2ccccc21. The fourth-order valence-electron chi connectivity index (χ4n) is 3.63. The van der Waals surface area contributed by atoms with Crippen molar-refractivity contribution in [2.45, 2.75) is 51.7 Å². The van der Waals surface area contributed by atoms with Crippen LogP contribution < -0.4 is 11.0 Å². The molecule has 1 amide bonds. The number of aromatic nitrogens is 2. The first-order chi connectivity index (χ1) is 12.0. The predicted octanol–water partition coefficient (Wildman–Crippen LogP) is 1.58. The fourth-order valence-corrected chi connectivity index (χ4v) is 3.63. The van der Waals surface area contributed by atoms with Gasteiger partial charge in [-0.05, 0) is 44.7 Å². The Morgan fingerprint density at radius 2 is 1.72 bits per heavy atom. The molecule has 25 heavy (non-hydrogen) atoms. The molecule has 1 saturated carbocycles. The van der Waals surface area contributed by atoms with Crippen LogP contribution in [0.2, 0.25) is 0 Å². The molecule has 1 fully saturated rings. The van der Waals surface area contributed by atoms with Gasteiger partial charge in [-0.25, -0.2) is 4.79 Å². The van der Waals surface area contributed by atoms with E-state index >= 15 is 0 Å². The van der Waals surface area contributed by atoms with Gasteiger partial charge in [0, 0.05) is 12.6 Å². The minimum atomic E-state index is -0.760. The summed E-state index contributed by atoms with van der Waals surface area (Å²) in [6, 6.07) is 7.43. The third kappa shape index (κ3) is 3.45. The molecule has 0 bridgehead atoms. The van der Waals surface area contributed by atoms with E-state index in [-0.39, 0.29) is 30.1 Å². The second-order valence-electron chi connectivity index (χ2n) is 6.56. The lowest BCUT2D eigenvalue weighted by Gasteiger charge is -2.26. The van der Waals surface area contributed by atoms with Gasteiger partial charge in [0.25, 0.3) is 0 Å². The summed E-state index contributed by atoms with van der Waals surface area (Å²) >= 11 is 0. The van der Waals surface area contributed by atoms with Crippen LogP contribution in [0.4, 0.5) is 0 Å². The number of aliphatic carboxylic acids is 1. The van der Waals surface area contributed by atoms with Crippen molar-refractivity contribution in [1.82, 2.24) is 14.5 Å². The van der Waals surface area contributed by atoms with E-state index in [2.05, 4.69) is 5.32 Å². The maximum absolute atomic E-state index is 12.5. The Balaban J connectivity index is 1.70. The highest BCUT2D eigenvalue weighted by molar-refractivity contribution is 5.81. The summed E-state index contributed by atoms with van der Waals surface area (Å²) in [5.41, 5.74) is 1.39. The molecule has 3 rings (SSSR count). The number of rotatable bonds is 5. The van der Waals surface area contributed by atoms with Gasteiger partial charge in [-0.3, -0.25) is 18.7 Å². The lowest BCUT2D eigenvalue weighted by atomic mass is 9.86. The van der Waals surface area contributed by atoms with Gasteiger partial charge in [0.2, 0.25) is 5.91 Å². The van der Waals surface area contributed by atoms with Crippen molar-refractivity contribution in [2.24, 2.45) is 5.92 Å². The molecule has 0 unspecified atom stereocenters. The van der Waals surface area contributed by atoms with Crippen LogP contribution in [0.1, 0.15) is 32.6 Å². The first-order valence-electron chi connectivity index (χ1n) is 8.71. The second-order valence-corrected chi connectivity index (χ2v) is 6.56. The maximum Gasteiger partial charge on any atom is 0.329 e. The van der Waals surface area contributed by atoms with Gasteiger partial charge in [0.1, 0.15) is 6.54 Å². The number of para-hydroxylation sites is 2. The highest BCUT2D eigenvalue weighted by Gasteiger charge is 2.27. The average molecular weight is 345 g/mol. The van der Waals surface area contributed by atoms with E-state index in [4.69, 9.17) is 5.11 Å². The first-order valence-corrected chi connectivity index (χ1v) is 8.71. The number of benzene rings is 1. The van der Waals surface area contributed by atoms with E-state index in [0.717, 1.165) is 11.0 Å². The average Bonchev–Trinajstić information content (AvgIpc) is 2.87. The maximum atomic E-state index is 12.5. The number of carboxylic acid groups (broad SMARTS) is 1. The van der Waals surface area contributed by atoms with Crippen LogP contribution >= 0.6 is 0 Å². The number of carbonyl (C=O) groups excluding carboxylic acids is 1. The Bertz CT molecular complexity index is 844. The number of nitrogens with one attached hydrogen (secondary N) is 1. The van der Waals surface area contributed by atoms with E-state index in [0.29, 0.717) is 32.2 Å². The van der Waals surface area contributed by atoms with Crippen LogP contribution in [-0.4, -0.2) is 32.2 Å². The van der Waals surface area contributed by atoms with Crippen molar-refractivity contribution in [2.75, 3.05) is 0 Å². The minimum absolute atomic E-state index is 0.0154. The molecule has 1 aliphatic carbocycles. The Morgan fingerprint density at radius 3 is 2.28 bits per heavy atom. The van der Waals surface area contributed by atoms with Gasteiger partial charge in [-0.15, -0.1) is 0 Å². The fraction of sp³-hybridized carbons (Fsp3) is 0.500. The molecular weight excluding hydrogens is 322 g/mol. The van der Waals surface area contributed by atoms with Crippen LogP contribution in [0, 0.1) is 5.92 Å². The summed E-state index contributed by atoms with van der Waals surface area (Å²) in [4.78, 5) is 35.9. The van der Waals surface area contributed by atoms with Crippen molar-refractivity contribution < 1.29 is 14.7 Å². The number of hydrogen-bond acceptors (Lipinski definition) is 3. The van der Waals surface area contributed by atoms with Gasteiger partial charge < -0.3 is 10.4 Å². The quantitative estimate of drug-likeness (QED) is 0.860. The monoisotopic (exact) mass is 345 g/mol. The van der Waals surface area contributed by atoms with Crippen molar-refractivity contribution >= 4 is 22.9 Å². The summed E-state index contributed by atoms with van der Waals surface area (Å²) in [5, 5.41) is 12.0. The number of imidazole rings is 1. The molecule has 1 heterocycles. The number of fused-ring (bicyclic) bond motifs is 1. The zero-order valence-electron chi connectivity index (χ0n) is 14.3. The van der Waals surface area contributed by atoms with Gasteiger partial charge >= 0.3 is 11.7 Å². The molecule has 1 aromatic carbocycles. The standard InChI is InChI=1S/C18H23N3O4/c1-2-20-14-5-3-4-6-15(14)21(18(20)25)11-16(22)19-13-9-7-12(8-10-13)17(23)24/h3-6,12-13H,2,7-11H2,1H3,(H,19,22)(H,23,24). The van der Waals surface area contributed by atoms with Crippen molar-refractivity contribution in [3.05, 3.63) is 34.7 Å². The van der Waals surface area contributed by atoms with Crippen LogP contribution in [0.25, 0.3) is 11.0 Å². The molecular formula is C18H23N3O4. The zero-order chi connectivity index (χ0) is 18.0. The largest absolute Gasteiger partial charge is 0.481 e. The van der Waals surface area contributed by atoms with Crippen LogP contribution in [0.5, 0.6) is 0 Å². The van der Waals surface area contributed by atoms with E-state index in [9.17, 15) is 14.4 Å². The number of nitrogens with zero attached hydrogens (tertiary/aromatic N) is 2. The molecule has 0 atom stereocenters. The molecule has 1 aliphatic rings. The minimum Gasteiger partial charge on any atom is -0.481 e. The summed E-state index contributed by atoms with van der Waals surface area (Å²) in [7, 11) is 0. The van der Waals surface area contributed by atoms with Crippen molar-refractivity contribution in [3.63, 3.8) is 0 Å². The summed E-state index contributed by atoms with van der Waals surface area (Å²) < 4.78 is 3.15. The number of aryl methyl sites for hydroxylation is 1. The van der Waals surface area contributed by atoms with Crippen LogP contribution in [0.3, 0.4) is 0 Å². The highest BCUT2D eigenvalue weighted by Crippen LogP contribution is 2.24. The zero-order valence-corrected chi connectivity index (χ0v) is 14.3. The molecule has 0 aliphatic heterocycles. The molecule has 0 spiro atoms. The van der Waals surface area contributed by atoms with Crippen LogP contribution in [0.15, 0.2) is 29.1 Å². The topological polar surface area (TPSA) is 93.3 Å². The van der Waals surface area contributed by atoms with Crippen molar-refractivity contribution in [1.29, 1.82) is 0 Å². The smallest absolute Gasteiger partial charge is 0.329 e. The van der Waals surface area contributed by atoms with Crippen molar-refractivity contribution in [3.8, 4) is 0 Å². The molecule has 0 saturated heterocycles. The summed E-state index contributed by atoms with van der Waals surface area (Å²) in [5.74, 6) is -1.28. The van der Waals surface area contributed by atoms with Gasteiger partial charge in [-0.1, -0.05) is 12.1 Å².